The molecule has 0 unspecified atom stereocenters. The monoisotopic (exact) mass is 492 g/mol. The number of nitrogens with zero attached hydrogens (tertiary/aromatic N) is 6. The third-order valence-electron chi connectivity index (χ3n) is 7.36. The quantitative estimate of drug-likeness (QED) is 0.532. The van der Waals surface area contributed by atoms with E-state index in [1.54, 1.807) is 6.33 Å². The minimum Gasteiger partial charge on any atom is -0.365 e. The second-order valence-electron chi connectivity index (χ2n) is 9.89. The lowest BCUT2D eigenvalue weighted by molar-refractivity contribution is 0.0730. The number of fused-ring (bicyclic) bond motifs is 1. The number of aromatic nitrogens is 2. The molecule has 0 radical (unpaired) electrons. The van der Waals surface area contributed by atoms with Gasteiger partial charge in [0.25, 0.3) is 5.91 Å². The first-order valence-electron chi connectivity index (χ1n) is 12.8. The van der Waals surface area contributed by atoms with E-state index in [4.69, 9.17) is 0 Å². The second kappa shape index (κ2) is 10.1. The van der Waals surface area contributed by atoms with Gasteiger partial charge in [0.2, 0.25) is 0 Å². The summed E-state index contributed by atoms with van der Waals surface area (Å²) in [5, 5.41) is 1.05. The summed E-state index contributed by atoms with van der Waals surface area (Å²) in [6, 6.07) is 8.89. The van der Waals surface area contributed by atoms with Crippen molar-refractivity contribution in [2.45, 2.75) is 40.2 Å². The van der Waals surface area contributed by atoms with E-state index in [9.17, 15) is 4.79 Å². The van der Waals surface area contributed by atoms with E-state index < -0.39 is 0 Å². The summed E-state index contributed by atoms with van der Waals surface area (Å²) in [4.78, 5) is 34.0. The summed E-state index contributed by atoms with van der Waals surface area (Å²) in [7, 11) is 0. The first kappa shape index (κ1) is 24.0. The molecule has 5 rings (SSSR count). The minimum absolute atomic E-state index is 0.125. The Morgan fingerprint density at radius 1 is 1.09 bits per heavy atom. The van der Waals surface area contributed by atoms with E-state index in [0.717, 1.165) is 78.8 Å². The Balaban J connectivity index is 1.35. The van der Waals surface area contributed by atoms with E-state index in [2.05, 4.69) is 76.6 Å². The van der Waals surface area contributed by atoms with Gasteiger partial charge in [-0.05, 0) is 57.0 Å². The van der Waals surface area contributed by atoms with Crippen LogP contribution in [0.15, 0.2) is 30.6 Å². The minimum atomic E-state index is 0.125. The maximum Gasteiger partial charge on any atom is 0.264 e. The van der Waals surface area contributed by atoms with Crippen molar-refractivity contribution < 1.29 is 4.79 Å². The van der Waals surface area contributed by atoms with Crippen LogP contribution in [-0.2, 0) is 0 Å². The average molecular weight is 493 g/mol. The SMILES string of the molecule is CCCN1CCN(c2ncnc3sc(C(=O)N4CCN(c5cccc(C)c5)[C@@H](C)C4)c(C)c23)CC1. The highest BCUT2D eigenvalue weighted by Gasteiger charge is 2.31. The van der Waals surface area contributed by atoms with Crippen LogP contribution < -0.4 is 9.80 Å². The van der Waals surface area contributed by atoms with Crippen LogP contribution in [-0.4, -0.2) is 84.1 Å². The van der Waals surface area contributed by atoms with Crippen LogP contribution in [0.2, 0.25) is 0 Å². The number of piperazine rings is 2. The van der Waals surface area contributed by atoms with Crippen molar-refractivity contribution >= 4 is 39.0 Å². The summed E-state index contributed by atoms with van der Waals surface area (Å²) in [5.74, 6) is 1.11. The molecule has 2 aliphatic rings. The van der Waals surface area contributed by atoms with Crippen molar-refractivity contribution in [3.63, 3.8) is 0 Å². The highest BCUT2D eigenvalue weighted by atomic mass is 32.1. The van der Waals surface area contributed by atoms with Crippen LogP contribution >= 0.6 is 11.3 Å². The summed E-state index contributed by atoms with van der Waals surface area (Å²) in [6.45, 7) is 16.1. The Morgan fingerprint density at radius 2 is 1.89 bits per heavy atom. The van der Waals surface area contributed by atoms with Gasteiger partial charge in [-0.2, -0.15) is 0 Å². The molecule has 0 aliphatic carbocycles. The number of hydrogen-bond donors (Lipinski definition) is 0. The molecule has 4 heterocycles. The van der Waals surface area contributed by atoms with Gasteiger partial charge in [-0.3, -0.25) is 9.69 Å². The summed E-state index contributed by atoms with van der Waals surface area (Å²) < 4.78 is 0. The fraction of sp³-hybridized carbons (Fsp3) is 0.519. The van der Waals surface area contributed by atoms with Gasteiger partial charge in [-0.1, -0.05) is 19.1 Å². The summed E-state index contributed by atoms with van der Waals surface area (Å²) in [6.07, 6.45) is 2.84. The molecule has 8 heteroatoms. The lowest BCUT2D eigenvalue weighted by Crippen LogP contribution is -2.53. The van der Waals surface area contributed by atoms with Gasteiger partial charge in [-0.25, -0.2) is 9.97 Å². The van der Waals surface area contributed by atoms with E-state index in [1.165, 1.54) is 29.0 Å². The van der Waals surface area contributed by atoms with Crippen LogP contribution in [0.3, 0.4) is 0 Å². The molecule has 1 atom stereocenters. The molecule has 1 aromatic carbocycles. The van der Waals surface area contributed by atoms with E-state index in [0.29, 0.717) is 0 Å². The Kier molecular flexibility index (Phi) is 6.93. The lowest BCUT2D eigenvalue weighted by atomic mass is 10.1. The van der Waals surface area contributed by atoms with Gasteiger partial charge in [0.15, 0.2) is 0 Å². The fourth-order valence-electron chi connectivity index (χ4n) is 5.47. The van der Waals surface area contributed by atoms with Crippen molar-refractivity contribution in [3.8, 4) is 0 Å². The van der Waals surface area contributed by atoms with Crippen molar-refractivity contribution in [3.05, 3.63) is 46.6 Å². The largest absolute Gasteiger partial charge is 0.365 e. The number of hydrogen-bond acceptors (Lipinski definition) is 7. The maximum absolute atomic E-state index is 13.7. The van der Waals surface area contributed by atoms with Gasteiger partial charge >= 0.3 is 0 Å². The molecule has 186 valence electrons. The van der Waals surface area contributed by atoms with Gasteiger partial charge in [0.1, 0.15) is 17.0 Å². The van der Waals surface area contributed by atoms with Gasteiger partial charge < -0.3 is 14.7 Å². The Bertz CT molecular complexity index is 1200. The molecular formula is C27H36N6OS. The number of anilines is 2. The van der Waals surface area contributed by atoms with Gasteiger partial charge in [0.05, 0.1) is 10.3 Å². The number of thiophene rings is 1. The van der Waals surface area contributed by atoms with E-state index in [1.807, 2.05) is 4.90 Å². The van der Waals surface area contributed by atoms with Crippen molar-refractivity contribution in [2.24, 2.45) is 0 Å². The molecule has 2 aliphatic heterocycles. The molecule has 3 aromatic rings. The molecule has 35 heavy (non-hydrogen) atoms. The molecule has 0 spiro atoms. The topological polar surface area (TPSA) is 55.8 Å². The molecule has 0 N–H and O–H groups in total. The predicted octanol–water partition coefficient (Wildman–Crippen LogP) is 4.19. The zero-order chi connectivity index (χ0) is 24.5. The molecular weight excluding hydrogens is 456 g/mol. The number of carbonyl (C=O) groups is 1. The Labute approximate surface area is 212 Å². The molecule has 7 nitrogen and oxygen atoms in total. The van der Waals surface area contributed by atoms with Crippen LogP contribution in [0.1, 0.15) is 41.1 Å². The van der Waals surface area contributed by atoms with Gasteiger partial charge in [-0.15, -0.1) is 11.3 Å². The summed E-state index contributed by atoms with van der Waals surface area (Å²) in [5.41, 5.74) is 3.52. The molecule has 1 amide bonds. The highest BCUT2D eigenvalue weighted by molar-refractivity contribution is 7.20. The summed E-state index contributed by atoms with van der Waals surface area (Å²) >= 11 is 1.52. The number of amides is 1. The number of rotatable bonds is 5. The first-order valence-corrected chi connectivity index (χ1v) is 13.6. The first-order chi connectivity index (χ1) is 17.0. The lowest BCUT2D eigenvalue weighted by Gasteiger charge is -2.41. The zero-order valence-electron chi connectivity index (χ0n) is 21.3. The van der Waals surface area contributed by atoms with Crippen LogP contribution in [0, 0.1) is 13.8 Å². The van der Waals surface area contributed by atoms with Crippen molar-refractivity contribution in [2.75, 3.05) is 62.2 Å². The number of aryl methyl sites for hydroxylation is 2. The second-order valence-corrected chi connectivity index (χ2v) is 10.9. The Hall–Kier alpha value is -2.71. The number of benzene rings is 1. The number of carbonyl (C=O) groups excluding carboxylic acids is 1. The van der Waals surface area contributed by atoms with Crippen LogP contribution in [0.4, 0.5) is 11.5 Å². The third-order valence-corrected chi connectivity index (χ3v) is 8.55. The van der Waals surface area contributed by atoms with Crippen molar-refractivity contribution in [1.82, 2.24) is 19.8 Å². The van der Waals surface area contributed by atoms with Crippen LogP contribution in [0.5, 0.6) is 0 Å². The maximum atomic E-state index is 13.7. The Morgan fingerprint density at radius 3 is 2.60 bits per heavy atom. The fourth-order valence-corrected chi connectivity index (χ4v) is 6.58. The predicted molar refractivity (Wildman–Crippen MR) is 145 cm³/mol. The molecule has 2 saturated heterocycles. The molecule has 0 bridgehead atoms. The zero-order valence-corrected chi connectivity index (χ0v) is 22.1. The van der Waals surface area contributed by atoms with Crippen molar-refractivity contribution in [1.29, 1.82) is 0 Å². The van der Waals surface area contributed by atoms with Gasteiger partial charge in [0, 0.05) is 57.5 Å². The average Bonchev–Trinajstić information content (AvgIpc) is 3.21. The smallest absolute Gasteiger partial charge is 0.264 e. The molecule has 0 saturated carbocycles. The molecule has 2 aromatic heterocycles. The van der Waals surface area contributed by atoms with E-state index in [-0.39, 0.29) is 11.9 Å². The standard InChI is InChI=1S/C27H36N6OS/c1-5-9-30-10-12-31(13-11-30)25-23-21(4)24(35-26(23)29-18-28-25)27(34)32-14-15-33(20(3)17-32)22-8-6-7-19(2)16-22/h6-8,16,18,20H,5,9-15,17H2,1-4H3/t20-/m0/s1. The normalized spacial score (nSPS) is 19.5. The van der Waals surface area contributed by atoms with E-state index >= 15 is 0 Å². The third kappa shape index (κ3) is 4.74. The highest BCUT2D eigenvalue weighted by Crippen LogP contribution is 2.36. The van der Waals surface area contributed by atoms with Crippen LogP contribution in [0.25, 0.3) is 10.2 Å². The molecule has 2 fully saturated rings.